The lowest BCUT2D eigenvalue weighted by Crippen LogP contribution is -2.48. The average molecular weight is 290 g/mol. The van der Waals surface area contributed by atoms with Gasteiger partial charge >= 0.3 is 0 Å². The van der Waals surface area contributed by atoms with Crippen LogP contribution in [-0.2, 0) is 4.79 Å². The van der Waals surface area contributed by atoms with Crippen molar-refractivity contribution in [1.29, 1.82) is 0 Å². The van der Waals surface area contributed by atoms with E-state index in [0.29, 0.717) is 25.9 Å². The zero-order valence-electron chi connectivity index (χ0n) is 12.2. The molecule has 0 radical (unpaired) electrons. The summed E-state index contributed by atoms with van der Waals surface area (Å²) in [4.78, 5) is 16.7. The first-order chi connectivity index (χ1) is 10.2. The number of amides is 1. The van der Waals surface area contributed by atoms with Gasteiger partial charge in [-0.25, -0.2) is 0 Å². The molecule has 2 fully saturated rings. The van der Waals surface area contributed by atoms with Crippen molar-refractivity contribution >= 4 is 11.7 Å². The molecule has 6 heteroatoms. The van der Waals surface area contributed by atoms with Crippen LogP contribution in [0.2, 0.25) is 0 Å². The quantitative estimate of drug-likeness (QED) is 0.867. The second kappa shape index (κ2) is 6.39. The van der Waals surface area contributed by atoms with Gasteiger partial charge in [0.05, 0.1) is 12.0 Å². The standard InChI is InChI=1S/C15H22N4O2/c20-13-5-9-18(10-6-13)15(21)12-3-2-8-19(11-12)14-4-1-7-16-17-14/h1,4,7,12-13,20H,2-3,5-6,8-11H2/t12-/m1/s1. The van der Waals surface area contributed by atoms with E-state index in [0.717, 1.165) is 31.7 Å². The third kappa shape index (κ3) is 3.32. The second-order valence-corrected chi connectivity index (χ2v) is 5.92. The number of anilines is 1. The maximum absolute atomic E-state index is 12.6. The normalized spacial score (nSPS) is 24.1. The van der Waals surface area contributed by atoms with Gasteiger partial charge in [-0.2, -0.15) is 5.10 Å². The van der Waals surface area contributed by atoms with Crippen LogP contribution in [0.3, 0.4) is 0 Å². The van der Waals surface area contributed by atoms with Gasteiger partial charge in [0.1, 0.15) is 0 Å². The van der Waals surface area contributed by atoms with Gasteiger partial charge in [-0.3, -0.25) is 4.79 Å². The summed E-state index contributed by atoms with van der Waals surface area (Å²) < 4.78 is 0. The largest absolute Gasteiger partial charge is 0.393 e. The molecule has 21 heavy (non-hydrogen) atoms. The lowest BCUT2D eigenvalue weighted by atomic mass is 9.95. The van der Waals surface area contributed by atoms with Crippen LogP contribution in [0.15, 0.2) is 18.3 Å². The number of carbonyl (C=O) groups is 1. The Labute approximate surface area is 124 Å². The molecule has 0 saturated carbocycles. The smallest absolute Gasteiger partial charge is 0.227 e. The van der Waals surface area contributed by atoms with E-state index in [1.165, 1.54) is 0 Å². The molecule has 3 rings (SSSR count). The van der Waals surface area contributed by atoms with E-state index in [1.54, 1.807) is 6.20 Å². The van der Waals surface area contributed by atoms with Crippen LogP contribution in [0, 0.1) is 5.92 Å². The lowest BCUT2D eigenvalue weighted by Gasteiger charge is -2.37. The Morgan fingerprint density at radius 1 is 1.24 bits per heavy atom. The third-order valence-electron chi connectivity index (χ3n) is 4.43. The zero-order chi connectivity index (χ0) is 14.7. The molecule has 1 N–H and O–H groups in total. The van der Waals surface area contributed by atoms with Gasteiger partial charge < -0.3 is 14.9 Å². The predicted octanol–water partition coefficient (Wildman–Crippen LogP) is 0.676. The van der Waals surface area contributed by atoms with E-state index >= 15 is 0 Å². The van der Waals surface area contributed by atoms with Crippen LogP contribution in [0.4, 0.5) is 5.82 Å². The van der Waals surface area contributed by atoms with E-state index < -0.39 is 0 Å². The zero-order valence-corrected chi connectivity index (χ0v) is 12.2. The number of aliphatic hydroxyl groups excluding tert-OH is 1. The minimum absolute atomic E-state index is 0.0380. The van der Waals surface area contributed by atoms with Crippen molar-refractivity contribution in [1.82, 2.24) is 15.1 Å². The maximum atomic E-state index is 12.6. The molecule has 6 nitrogen and oxygen atoms in total. The number of hydrogen-bond acceptors (Lipinski definition) is 5. The lowest BCUT2D eigenvalue weighted by molar-refractivity contribution is -0.137. The number of carbonyl (C=O) groups excluding carboxylic acids is 1. The molecule has 2 aliphatic heterocycles. The minimum Gasteiger partial charge on any atom is -0.393 e. The van der Waals surface area contributed by atoms with E-state index in [-0.39, 0.29) is 17.9 Å². The summed E-state index contributed by atoms with van der Waals surface area (Å²) in [6, 6.07) is 3.82. The van der Waals surface area contributed by atoms with Gasteiger partial charge in [0, 0.05) is 32.4 Å². The fourth-order valence-corrected chi connectivity index (χ4v) is 3.19. The molecule has 0 aliphatic carbocycles. The Morgan fingerprint density at radius 3 is 2.76 bits per heavy atom. The van der Waals surface area contributed by atoms with E-state index in [9.17, 15) is 9.90 Å². The number of piperidine rings is 2. The second-order valence-electron chi connectivity index (χ2n) is 5.92. The molecular formula is C15H22N4O2. The topological polar surface area (TPSA) is 69.6 Å². The minimum atomic E-state index is -0.239. The van der Waals surface area contributed by atoms with Crippen molar-refractivity contribution in [2.24, 2.45) is 5.92 Å². The number of likely N-dealkylation sites (tertiary alicyclic amines) is 1. The van der Waals surface area contributed by atoms with Crippen LogP contribution in [0.25, 0.3) is 0 Å². The first-order valence-electron chi connectivity index (χ1n) is 7.73. The number of hydrogen-bond donors (Lipinski definition) is 1. The van der Waals surface area contributed by atoms with Crippen molar-refractivity contribution in [3.63, 3.8) is 0 Å². The highest BCUT2D eigenvalue weighted by molar-refractivity contribution is 5.79. The highest BCUT2D eigenvalue weighted by atomic mass is 16.3. The summed E-state index contributed by atoms with van der Waals surface area (Å²) >= 11 is 0. The molecule has 0 spiro atoms. The summed E-state index contributed by atoms with van der Waals surface area (Å²) in [6.45, 7) is 3.01. The van der Waals surface area contributed by atoms with Crippen molar-refractivity contribution in [3.05, 3.63) is 18.3 Å². The van der Waals surface area contributed by atoms with Gasteiger partial charge in [-0.1, -0.05) is 0 Å². The molecular weight excluding hydrogens is 268 g/mol. The van der Waals surface area contributed by atoms with Crippen LogP contribution in [0.1, 0.15) is 25.7 Å². The van der Waals surface area contributed by atoms with Crippen LogP contribution in [-0.4, -0.2) is 58.4 Å². The molecule has 1 atom stereocenters. The van der Waals surface area contributed by atoms with Gasteiger partial charge in [0.2, 0.25) is 5.91 Å². The molecule has 0 aromatic carbocycles. The SMILES string of the molecule is O=C([C@@H]1CCCN(c2cccnn2)C1)N1CCC(O)CC1. The fourth-order valence-electron chi connectivity index (χ4n) is 3.19. The molecule has 1 aromatic rings. The number of rotatable bonds is 2. The highest BCUT2D eigenvalue weighted by Crippen LogP contribution is 2.24. The van der Waals surface area contributed by atoms with Crippen molar-refractivity contribution in [2.45, 2.75) is 31.8 Å². The predicted molar refractivity (Wildman–Crippen MR) is 78.8 cm³/mol. The number of aromatic nitrogens is 2. The van der Waals surface area contributed by atoms with Crippen molar-refractivity contribution in [2.75, 3.05) is 31.1 Å². The monoisotopic (exact) mass is 290 g/mol. The van der Waals surface area contributed by atoms with E-state index in [2.05, 4.69) is 15.1 Å². The van der Waals surface area contributed by atoms with Crippen LogP contribution < -0.4 is 4.90 Å². The summed E-state index contributed by atoms with van der Waals surface area (Å²) in [5.41, 5.74) is 0. The Kier molecular flexibility index (Phi) is 4.34. The van der Waals surface area contributed by atoms with Gasteiger partial charge in [-0.05, 0) is 37.8 Å². The third-order valence-corrected chi connectivity index (χ3v) is 4.43. The molecule has 0 bridgehead atoms. The number of nitrogens with zero attached hydrogens (tertiary/aromatic N) is 4. The summed E-state index contributed by atoms with van der Waals surface area (Å²) in [7, 11) is 0. The molecule has 1 aromatic heterocycles. The Bertz CT molecular complexity index is 474. The molecule has 1 amide bonds. The average Bonchev–Trinajstić information content (AvgIpc) is 2.56. The maximum Gasteiger partial charge on any atom is 0.227 e. The Hall–Kier alpha value is -1.69. The summed E-state index contributed by atoms with van der Waals surface area (Å²) in [5, 5.41) is 17.6. The summed E-state index contributed by atoms with van der Waals surface area (Å²) in [6.07, 6.45) is 4.77. The van der Waals surface area contributed by atoms with E-state index in [1.807, 2.05) is 17.0 Å². The van der Waals surface area contributed by atoms with Gasteiger partial charge in [0.15, 0.2) is 5.82 Å². The molecule has 114 valence electrons. The summed E-state index contributed by atoms with van der Waals surface area (Å²) in [5.74, 6) is 1.12. The van der Waals surface area contributed by atoms with E-state index in [4.69, 9.17) is 0 Å². The first-order valence-corrected chi connectivity index (χ1v) is 7.73. The van der Waals surface area contributed by atoms with Gasteiger partial charge in [0.25, 0.3) is 0 Å². The Morgan fingerprint density at radius 2 is 2.05 bits per heavy atom. The highest BCUT2D eigenvalue weighted by Gasteiger charge is 2.31. The molecule has 3 heterocycles. The number of aliphatic hydroxyl groups is 1. The molecule has 2 aliphatic rings. The van der Waals surface area contributed by atoms with Gasteiger partial charge in [-0.15, -0.1) is 5.10 Å². The van der Waals surface area contributed by atoms with Crippen molar-refractivity contribution in [3.8, 4) is 0 Å². The molecule has 2 saturated heterocycles. The van der Waals surface area contributed by atoms with Crippen molar-refractivity contribution < 1.29 is 9.90 Å². The Balaban J connectivity index is 1.62. The first kappa shape index (κ1) is 14.3. The van der Waals surface area contributed by atoms with Crippen LogP contribution in [0.5, 0.6) is 0 Å². The van der Waals surface area contributed by atoms with Crippen LogP contribution >= 0.6 is 0 Å². The fraction of sp³-hybridized carbons (Fsp3) is 0.667. The molecule has 0 unspecified atom stereocenters.